The standard InChI is InChI=1S/C24H24Cl3O3P/c25-22(19-10-4-1-5-11-19)16-28-31(29-17-23(26)20-12-6-2-7-13-20)30-18-24(27)21-14-8-3-9-15-21/h1-15,22-24H,16-18H2. The van der Waals surface area contributed by atoms with Gasteiger partial charge < -0.3 is 13.6 Å². The molecule has 3 aromatic rings. The normalized spacial score (nSPS) is 15.2. The van der Waals surface area contributed by atoms with Gasteiger partial charge in [0.1, 0.15) is 0 Å². The van der Waals surface area contributed by atoms with Gasteiger partial charge >= 0.3 is 8.60 Å². The minimum atomic E-state index is -1.68. The summed E-state index contributed by atoms with van der Waals surface area (Å²) in [5.41, 5.74) is 2.91. The van der Waals surface area contributed by atoms with Crippen molar-refractivity contribution in [3.05, 3.63) is 108 Å². The molecule has 3 atom stereocenters. The number of benzene rings is 3. The molecule has 0 N–H and O–H groups in total. The molecule has 0 saturated carbocycles. The van der Waals surface area contributed by atoms with Gasteiger partial charge in [0.2, 0.25) is 0 Å². The summed E-state index contributed by atoms with van der Waals surface area (Å²) in [6, 6.07) is 29.2. The average Bonchev–Trinajstić information content (AvgIpc) is 2.84. The molecular weight excluding hydrogens is 474 g/mol. The molecule has 0 aromatic heterocycles. The van der Waals surface area contributed by atoms with E-state index in [1.807, 2.05) is 91.0 Å². The van der Waals surface area contributed by atoms with Crippen molar-refractivity contribution in [2.24, 2.45) is 0 Å². The minimum absolute atomic E-state index is 0.244. The molecular formula is C24H24Cl3O3P. The van der Waals surface area contributed by atoms with Crippen LogP contribution >= 0.6 is 43.4 Å². The molecule has 0 fully saturated rings. The summed E-state index contributed by atoms with van der Waals surface area (Å²) in [5, 5.41) is -0.958. The lowest BCUT2D eigenvalue weighted by Gasteiger charge is -2.21. The summed E-state index contributed by atoms with van der Waals surface area (Å²) >= 11 is 19.5. The van der Waals surface area contributed by atoms with Gasteiger partial charge in [-0.2, -0.15) is 0 Å². The topological polar surface area (TPSA) is 27.7 Å². The van der Waals surface area contributed by atoms with Crippen molar-refractivity contribution in [2.75, 3.05) is 19.8 Å². The van der Waals surface area contributed by atoms with Crippen LogP contribution in [0, 0.1) is 0 Å². The predicted octanol–water partition coefficient (Wildman–Crippen LogP) is 8.20. The van der Waals surface area contributed by atoms with Crippen LogP contribution < -0.4 is 0 Å². The number of hydrogen-bond acceptors (Lipinski definition) is 3. The zero-order chi connectivity index (χ0) is 21.9. The highest BCUT2D eigenvalue weighted by Gasteiger charge is 2.21. The lowest BCUT2D eigenvalue weighted by molar-refractivity contribution is 0.159. The lowest BCUT2D eigenvalue weighted by Crippen LogP contribution is -2.08. The molecule has 3 aromatic carbocycles. The maximum atomic E-state index is 6.49. The van der Waals surface area contributed by atoms with E-state index in [-0.39, 0.29) is 36.0 Å². The quantitative estimate of drug-likeness (QED) is 0.186. The highest BCUT2D eigenvalue weighted by Crippen LogP contribution is 2.44. The van der Waals surface area contributed by atoms with Crippen molar-refractivity contribution in [2.45, 2.75) is 16.1 Å². The van der Waals surface area contributed by atoms with Crippen LogP contribution in [0.1, 0.15) is 32.8 Å². The van der Waals surface area contributed by atoms with Crippen molar-refractivity contribution in [1.29, 1.82) is 0 Å². The van der Waals surface area contributed by atoms with E-state index < -0.39 is 8.60 Å². The Morgan fingerprint density at radius 2 is 0.742 bits per heavy atom. The van der Waals surface area contributed by atoms with E-state index >= 15 is 0 Å². The van der Waals surface area contributed by atoms with Crippen molar-refractivity contribution < 1.29 is 13.6 Å². The van der Waals surface area contributed by atoms with E-state index in [9.17, 15) is 0 Å². The zero-order valence-corrected chi connectivity index (χ0v) is 20.0. The Morgan fingerprint density at radius 3 is 1.00 bits per heavy atom. The van der Waals surface area contributed by atoms with Gasteiger partial charge in [0.15, 0.2) is 0 Å². The number of rotatable bonds is 12. The molecule has 0 bridgehead atoms. The molecule has 31 heavy (non-hydrogen) atoms. The Hall–Kier alpha value is -1.16. The molecule has 3 rings (SSSR count). The van der Waals surface area contributed by atoms with Crippen LogP contribution in [0.15, 0.2) is 91.0 Å². The van der Waals surface area contributed by atoms with Crippen LogP contribution in [-0.2, 0) is 13.6 Å². The highest BCUT2D eigenvalue weighted by molar-refractivity contribution is 7.41. The molecule has 164 valence electrons. The maximum absolute atomic E-state index is 6.49. The van der Waals surface area contributed by atoms with Gasteiger partial charge in [-0.05, 0) is 16.7 Å². The van der Waals surface area contributed by atoms with Crippen LogP contribution in [-0.4, -0.2) is 19.8 Å². The molecule has 0 aliphatic rings. The Kier molecular flexibility index (Phi) is 10.6. The third kappa shape index (κ3) is 8.36. The second kappa shape index (κ2) is 13.4. The highest BCUT2D eigenvalue weighted by atomic mass is 35.5. The second-order valence-electron chi connectivity index (χ2n) is 6.75. The van der Waals surface area contributed by atoms with Gasteiger partial charge in [-0.15, -0.1) is 34.8 Å². The number of alkyl halides is 3. The van der Waals surface area contributed by atoms with Crippen molar-refractivity contribution in [3.8, 4) is 0 Å². The Bertz CT molecular complexity index is 753. The molecule has 3 nitrogen and oxygen atoms in total. The van der Waals surface area contributed by atoms with E-state index in [1.54, 1.807) is 0 Å². The number of hydrogen-bond donors (Lipinski definition) is 0. The fourth-order valence-corrected chi connectivity index (χ4v) is 4.69. The maximum Gasteiger partial charge on any atom is 0.332 e. The average molecular weight is 498 g/mol. The van der Waals surface area contributed by atoms with Crippen LogP contribution in [0.4, 0.5) is 0 Å². The summed E-state index contributed by atoms with van der Waals surface area (Å²) in [5.74, 6) is 0. The van der Waals surface area contributed by atoms with E-state index in [2.05, 4.69) is 0 Å². The molecule has 0 heterocycles. The summed E-state index contributed by atoms with van der Waals surface area (Å²) in [4.78, 5) is 0. The summed E-state index contributed by atoms with van der Waals surface area (Å²) in [6.07, 6.45) is 0. The molecule has 0 spiro atoms. The lowest BCUT2D eigenvalue weighted by atomic mass is 10.2. The van der Waals surface area contributed by atoms with Crippen molar-refractivity contribution in [3.63, 3.8) is 0 Å². The van der Waals surface area contributed by atoms with Gasteiger partial charge in [-0.1, -0.05) is 91.0 Å². The van der Waals surface area contributed by atoms with Gasteiger partial charge in [-0.25, -0.2) is 0 Å². The van der Waals surface area contributed by atoms with Crippen molar-refractivity contribution in [1.82, 2.24) is 0 Å². The fourth-order valence-electron chi connectivity index (χ4n) is 2.76. The monoisotopic (exact) mass is 496 g/mol. The first-order valence-electron chi connectivity index (χ1n) is 9.89. The molecule has 0 aliphatic heterocycles. The molecule has 0 amide bonds. The molecule has 0 radical (unpaired) electrons. The third-order valence-corrected chi connectivity index (χ3v) is 6.68. The number of halogens is 3. The Morgan fingerprint density at radius 1 is 0.484 bits per heavy atom. The van der Waals surface area contributed by atoms with Crippen LogP contribution in [0.2, 0.25) is 0 Å². The van der Waals surface area contributed by atoms with E-state index in [1.165, 1.54) is 0 Å². The van der Waals surface area contributed by atoms with E-state index in [4.69, 9.17) is 48.4 Å². The Labute approximate surface area is 200 Å². The SMILES string of the molecule is ClC(COP(OCC(Cl)c1ccccc1)OCC(Cl)c1ccccc1)c1ccccc1. The predicted molar refractivity (Wildman–Crippen MR) is 130 cm³/mol. The van der Waals surface area contributed by atoms with Gasteiger partial charge in [0.25, 0.3) is 0 Å². The van der Waals surface area contributed by atoms with E-state index in [0.717, 1.165) is 16.7 Å². The first-order valence-corrected chi connectivity index (χ1v) is 12.3. The van der Waals surface area contributed by atoms with Gasteiger partial charge in [-0.3, -0.25) is 0 Å². The summed E-state index contributed by atoms with van der Waals surface area (Å²) in [6.45, 7) is 0.732. The van der Waals surface area contributed by atoms with Gasteiger partial charge in [0.05, 0.1) is 36.0 Å². The largest absolute Gasteiger partial charge is 0.332 e. The smallest absolute Gasteiger partial charge is 0.310 e. The molecule has 3 unspecified atom stereocenters. The fraction of sp³-hybridized carbons (Fsp3) is 0.250. The third-order valence-electron chi connectivity index (χ3n) is 4.46. The van der Waals surface area contributed by atoms with E-state index in [0.29, 0.717) is 0 Å². The molecule has 7 heteroatoms. The Balaban J connectivity index is 1.57. The van der Waals surface area contributed by atoms with Crippen molar-refractivity contribution >= 4 is 43.4 Å². The zero-order valence-electron chi connectivity index (χ0n) is 16.8. The minimum Gasteiger partial charge on any atom is -0.310 e. The first kappa shape index (κ1) is 24.5. The summed E-state index contributed by atoms with van der Waals surface area (Å²) in [7, 11) is -1.68. The molecule has 0 saturated heterocycles. The van der Waals surface area contributed by atoms with Crippen LogP contribution in [0.25, 0.3) is 0 Å². The van der Waals surface area contributed by atoms with Gasteiger partial charge in [0, 0.05) is 0 Å². The van der Waals surface area contributed by atoms with Crippen LogP contribution in [0.3, 0.4) is 0 Å². The second-order valence-corrected chi connectivity index (χ2v) is 9.55. The first-order chi connectivity index (χ1) is 15.1. The summed E-state index contributed by atoms with van der Waals surface area (Å²) < 4.78 is 17.7. The van der Waals surface area contributed by atoms with Crippen LogP contribution in [0.5, 0.6) is 0 Å². The molecule has 0 aliphatic carbocycles.